The second kappa shape index (κ2) is 8.20. The van der Waals surface area contributed by atoms with Crippen molar-refractivity contribution < 1.29 is 14.3 Å². The van der Waals surface area contributed by atoms with Gasteiger partial charge in [-0.3, -0.25) is 4.79 Å². The van der Waals surface area contributed by atoms with Gasteiger partial charge in [-0.15, -0.1) is 0 Å². The highest BCUT2D eigenvalue weighted by atomic mass is 16.5. The number of hydrogen-bond donors (Lipinski definition) is 1. The Morgan fingerprint density at radius 2 is 1.68 bits per heavy atom. The van der Waals surface area contributed by atoms with Crippen LogP contribution in [0.3, 0.4) is 0 Å². The van der Waals surface area contributed by atoms with E-state index in [0.29, 0.717) is 23.8 Å². The first-order chi connectivity index (χ1) is 12.3. The second-order valence-electron chi connectivity index (χ2n) is 5.69. The number of anilines is 1. The number of benzene rings is 3. The SMILES string of the molecule is CCCOc1ccccc1NC(=O)COc1ccc2ccccc2c1. The van der Waals surface area contributed by atoms with Gasteiger partial charge in [0, 0.05) is 0 Å². The standard InChI is InChI=1S/C21H21NO3/c1-2-13-24-20-10-6-5-9-19(20)22-21(23)15-25-18-12-11-16-7-3-4-8-17(16)14-18/h3-12,14H,2,13,15H2,1H3,(H,22,23). The average molecular weight is 335 g/mol. The molecule has 0 atom stereocenters. The summed E-state index contributed by atoms with van der Waals surface area (Å²) in [6.07, 6.45) is 0.910. The number of amides is 1. The van der Waals surface area contributed by atoms with E-state index in [1.165, 1.54) is 0 Å². The summed E-state index contributed by atoms with van der Waals surface area (Å²) in [4.78, 5) is 12.2. The van der Waals surface area contributed by atoms with Gasteiger partial charge in [0.05, 0.1) is 12.3 Å². The first-order valence-corrected chi connectivity index (χ1v) is 8.39. The minimum atomic E-state index is -0.222. The highest BCUT2D eigenvalue weighted by Gasteiger charge is 2.08. The fourth-order valence-corrected chi connectivity index (χ4v) is 2.50. The molecule has 0 aliphatic carbocycles. The third kappa shape index (κ3) is 4.51. The maximum Gasteiger partial charge on any atom is 0.262 e. The average Bonchev–Trinajstić information content (AvgIpc) is 2.65. The van der Waals surface area contributed by atoms with E-state index in [4.69, 9.17) is 9.47 Å². The van der Waals surface area contributed by atoms with Gasteiger partial charge in [0.25, 0.3) is 5.91 Å². The molecule has 0 radical (unpaired) electrons. The monoisotopic (exact) mass is 335 g/mol. The summed E-state index contributed by atoms with van der Waals surface area (Å²) in [6, 6.07) is 21.2. The lowest BCUT2D eigenvalue weighted by atomic mass is 10.1. The molecule has 0 unspecified atom stereocenters. The molecule has 0 bridgehead atoms. The van der Waals surface area contributed by atoms with Crippen molar-refractivity contribution in [2.45, 2.75) is 13.3 Å². The lowest BCUT2D eigenvalue weighted by molar-refractivity contribution is -0.118. The Morgan fingerprint density at radius 3 is 2.52 bits per heavy atom. The van der Waals surface area contributed by atoms with E-state index in [0.717, 1.165) is 17.2 Å². The smallest absolute Gasteiger partial charge is 0.262 e. The quantitative estimate of drug-likeness (QED) is 0.684. The first kappa shape index (κ1) is 16.8. The Bertz CT molecular complexity index is 860. The molecule has 3 aromatic rings. The maximum absolute atomic E-state index is 12.2. The van der Waals surface area contributed by atoms with Crippen molar-refractivity contribution in [2.75, 3.05) is 18.5 Å². The zero-order valence-electron chi connectivity index (χ0n) is 14.2. The minimum absolute atomic E-state index is 0.0551. The largest absolute Gasteiger partial charge is 0.491 e. The van der Waals surface area contributed by atoms with E-state index in [1.54, 1.807) is 0 Å². The van der Waals surface area contributed by atoms with E-state index in [-0.39, 0.29) is 12.5 Å². The Morgan fingerprint density at radius 1 is 0.920 bits per heavy atom. The summed E-state index contributed by atoms with van der Waals surface area (Å²) in [6.45, 7) is 2.60. The molecule has 0 saturated heterocycles. The molecule has 0 aromatic heterocycles. The van der Waals surface area contributed by atoms with Gasteiger partial charge in [-0.2, -0.15) is 0 Å². The number of nitrogens with one attached hydrogen (secondary N) is 1. The molecular formula is C21H21NO3. The van der Waals surface area contributed by atoms with Crippen LogP contribution in [0, 0.1) is 0 Å². The number of para-hydroxylation sites is 2. The third-order valence-electron chi connectivity index (χ3n) is 3.71. The molecular weight excluding hydrogens is 314 g/mol. The predicted molar refractivity (Wildman–Crippen MR) is 100 cm³/mol. The van der Waals surface area contributed by atoms with Crippen molar-refractivity contribution in [3.63, 3.8) is 0 Å². The molecule has 4 heteroatoms. The predicted octanol–water partition coefficient (Wildman–Crippen LogP) is 4.65. The van der Waals surface area contributed by atoms with Gasteiger partial charge >= 0.3 is 0 Å². The lowest BCUT2D eigenvalue weighted by Crippen LogP contribution is -2.20. The van der Waals surface area contributed by atoms with Crippen molar-refractivity contribution >= 4 is 22.4 Å². The first-order valence-electron chi connectivity index (χ1n) is 8.39. The van der Waals surface area contributed by atoms with Crippen molar-refractivity contribution in [1.82, 2.24) is 0 Å². The third-order valence-corrected chi connectivity index (χ3v) is 3.71. The molecule has 4 nitrogen and oxygen atoms in total. The van der Waals surface area contributed by atoms with Gasteiger partial charge in [0.1, 0.15) is 11.5 Å². The number of ether oxygens (including phenoxy) is 2. The maximum atomic E-state index is 12.2. The molecule has 0 spiro atoms. The Balaban J connectivity index is 1.61. The van der Waals surface area contributed by atoms with Crippen LogP contribution in [-0.4, -0.2) is 19.1 Å². The van der Waals surface area contributed by atoms with Crippen LogP contribution >= 0.6 is 0 Å². The summed E-state index contributed by atoms with van der Waals surface area (Å²) >= 11 is 0. The molecule has 3 aromatic carbocycles. The molecule has 1 N–H and O–H groups in total. The van der Waals surface area contributed by atoms with E-state index in [2.05, 4.69) is 5.32 Å². The van der Waals surface area contributed by atoms with Crippen molar-refractivity contribution in [3.8, 4) is 11.5 Å². The summed E-state index contributed by atoms with van der Waals surface area (Å²) in [5, 5.41) is 5.06. The van der Waals surface area contributed by atoms with Gasteiger partial charge in [-0.05, 0) is 41.5 Å². The Labute approximate surface area is 147 Å². The zero-order valence-corrected chi connectivity index (χ0v) is 14.2. The van der Waals surface area contributed by atoms with Crippen LogP contribution in [0.4, 0.5) is 5.69 Å². The normalized spacial score (nSPS) is 10.4. The molecule has 0 aliphatic rings. The van der Waals surface area contributed by atoms with Crippen LogP contribution in [0.5, 0.6) is 11.5 Å². The summed E-state index contributed by atoms with van der Waals surface area (Å²) < 4.78 is 11.3. The van der Waals surface area contributed by atoms with Gasteiger partial charge in [-0.1, -0.05) is 49.4 Å². The fraction of sp³-hybridized carbons (Fsp3) is 0.190. The minimum Gasteiger partial charge on any atom is -0.491 e. The van der Waals surface area contributed by atoms with E-state index >= 15 is 0 Å². The van der Waals surface area contributed by atoms with Gasteiger partial charge in [0.15, 0.2) is 6.61 Å². The molecule has 0 saturated carbocycles. The topological polar surface area (TPSA) is 47.6 Å². The highest BCUT2D eigenvalue weighted by Crippen LogP contribution is 2.24. The van der Waals surface area contributed by atoms with E-state index < -0.39 is 0 Å². The Kier molecular flexibility index (Phi) is 5.52. The molecule has 0 aliphatic heterocycles. The fourth-order valence-electron chi connectivity index (χ4n) is 2.50. The van der Waals surface area contributed by atoms with Crippen LogP contribution in [0.15, 0.2) is 66.7 Å². The molecule has 128 valence electrons. The highest BCUT2D eigenvalue weighted by molar-refractivity contribution is 5.93. The van der Waals surface area contributed by atoms with Crippen LogP contribution in [0.1, 0.15) is 13.3 Å². The molecule has 25 heavy (non-hydrogen) atoms. The number of hydrogen-bond acceptors (Lipinski definition) is 3. The van der Waals surface area contributed by atoms with Gasteiger partial charge in [-0.25, -0.2) is 0 Å². The van der Waals surface area contributed by atoms with Crippen molar-refractivity contribution in [2.24, 2.45) is 0 Å². The number of fused-ring (bicyclic) bond motifs is 1. The van der Waals surface area contributed by atoms with E-state index in [9.17, 15) is 4.79 Å². The number of carbonyl (C=O) groups is 1. The second-order valence-corrected chi connectivity index (χ2v) is 5.69. The van der Waals surface area contributed by atoms with E-state index in [1.807, 2.05) is 73.7 Å². The molecule has 1 amide bonds. The number of carbonyl (C=O) groups excluding carboxylic acids is 1. The van der Waals surface area contributed by atoms with Crippen LogP contribution in [0.25, 0.3) is 10.8 Å². The lowest BCUT2D eigenvalue weighted by Gasteiger charge is -2.12. The van der Waals surface area contributed by atoms with Crippen LogP contribution in [-0.2, 0) is 4.79 Å². The summed E-state index contributed by atoms with van der Waals surface area (Å²) in [7, 11) is 0. The molecule has 3 rings (SSSR count). The molecule has 0 fully saturated rings. The zero-order chi connectivity index (χ0) is 17.5. The Hall–Kier alpha value is -3.01. The van der Waals surface area contributed by atoms with Crippen LogP contribution in [0.2, 0.25) is 0 Å². The summed E-state index contributed by atoms with van der Waals surface area (Å²) in [5.41, 5.74) is 0.656. The van der Waals surface area contributed by atoms with Gasteiger partial charge < -0.3 is 14.8 Å². The molecule has 0 heterocycles. The van der Waals surface area contributed by atoms with Crippen molar-refractivity contribution in [3.05, 3.63) is 66.7 Å². The number of rotatable bonds is 7. The van der Waals surface area contributed by atoms with Gasteiger partial charge in [0.2, 0.25) is 0 Å². The van der Waals surface area contributed by atoms with Crippen molar-refractivity contribution in [1.29, 1.82) is 0 Å². The van der Waals surface area contributed by atoms with Crippen LogP contribution < -0.4 is 14.8 Å². The summed E-state index contributed by atoms with van der Waals surface area (Å²) in [5.74, 6) is 1.12.